The van der Waals surface area contributed by atoms with E-state index in [0.717, 1.165) is 37.2 Å². The molecule has 5 nitrogen and oxygen atoms in total. The summed E-state index contributed by atoms with van der Waals surface area (Å²) in [4.78, 5) is 25.7. The number of benzene rings is 3. The average molecular weight is 522 g/mol. The first-order valence-corrected chi connectivity index (χ1v) is 10.8. The summed E-state index contributed by atoms with van der Waals surface area (Å²) in [6, 6.07) is 20.3. The van der Waals surface area contributed by atoms with E-state index in [4.69, 9.17) is 0 Å². The van der Waals surface area contributed by atoms with Crippen molar-refractivity contribution in [3.8, 4) is 0 Å². The zero-order chi connectivity index (χ0) is 22.1. The lowest BCUT2D eigenvalue weighted by Crippen LogP contribution is -2.25. The van der Waals surface area contributed by atoms with Gasteiger partial charge in [0.05, 0.1) is 16.3 Å². The van der Waals surface area contributed by atoms with Gasteiger partial charge in [0.2, 0.25) is 0 Å². The molecule has 1 aliphatic rings. The van der Waals surface area contributed by atoms with Crippen molar-refractivity contribution in [2.24, 2.45) is 0 Å². The third-order valence-corrected chi connectivity index (χ3v) is 5.83. The standard InChI is InChI=1S/C25H19IN2O3/c1-16-3-7-19(8-4-16)24-15-20(14-18-5-10-22(11-6-18)28(30)31)25(29)27(24)23-12-9-21(26)13-17(23)2/h3-15H,1-2H3/b20-14+. The summed E-state index contributed by atoms with van der Waals surface area (Å²) >= 11 is 2.26. The minimum Gasteiger partial charge on any atom is -0.276 e. The minimum absolute atomic E-state index is 0.0203. The number of nitrogens with zero attached hydrogens (tertiary/aromatic N) is 2. The molecule has 0 aromatic heterocycles. The molecule has 0 unspecified atom stereocenters. The highest BCUT2D eigenvalue weighted by molar-refractivity contribution is 14.1. The van der Waals surface area contributed by atoms with E-state index >= 15 is 0 Å². The molecular formula is C25H19IN2O3. The van der Waals surface area contributed by atoms with Crippen LogP contribution in [0.4, 0.5) is 11.4 Å². The lowest BCUT2D eigenvalue weighted by molar-refractivity contribution is -0.384. The van der Waals surface area contributed by atoms with Gasteiger partial charge in [0.1, 0.15) is 0 Å². The van der Waals surface area contributed by atoms with Crippen LogP contribution in [0.25, 0.3) is 11.8 Å². The summed E-state index contributed by atoms with van der Waals surface area (Å²) < 4.78 is 1.10. The smallest absolute Gasteiger partial charge is 0.269 e. The number of hydrogen-bond acceptors (Lipinski definition) is 3. The van der Waals surface area contributed by atoms with Crippen LogP contribution in [0.5, 0.6) is 0 Å². The average Bonchev–Trinajstić information content (AvgIpc) is 3.05. The van der Waals surface area contributed by atoms with E-state index in [2.05, 4.69) is 22.6 Å². The predicted molar refractivity (Wildman–Crippen MR) is 132 cm³/mol. The Hall–Kier alpha value is -3.26. The zero-order valence-corrected chi connectivity index (χ0v) is 19.2. The number of rotatable bonds is 4. The largest absolute Gasteiger partial charge is 0.276 e. The summed E-state index contributed by atoms with van der Waals surface area (Å²) in [6.45, 7) is 4.02. The van der Waals surface area contributed by atoms with Crippen molar-refractivity contribution in [2.45, 2.75) is 13.8 Å². The molecule has 3 aromatic carbocycles. The van der Waals surface area contributed by atoms with Crippen molar-refractivity contribution in [1.82, 2.24) is 0 Å². The Balaban J connectivity index is 1.81. The van der Waals surface area contributed by atoms with Crippen LogP contribution in [0.1, 0.15) is 22.3 Å². The van der Waals surface area contributed by atoms with E-state index in [-0.39, 0.29) is 11.6 Å². The molecule has 3 aromatic rings. The quantitative estimate of drug-likeness (QED) is 0.175. The maximum atomic E-state index is 13.5. The van der Waals surface area contributed by atoms with Crippen LogP contribution in [0, 0.1) is 27.5 Å². The van der Waals surface area contributed by atoms with Gasteiger partial charge >= 0.3 is 0 Å². The Labute approximate surface area is 194 Å². The Kier molecular flexibility index (Phi) is 5.73. The first kappa shape index (κ1) is 21.0. The first-order valence-electron chi connectivity index (χ1n) is 9.69. The summed E-state index contributed by atoms with van der Waals surface area (Å²) in [5, 5.41) is 10.9. The second-order valence-electron chi connectivity index (χ2n) is 7.42. The van der Waals surface area contributed by atoms with E-state index in [1.54, 1.807) is 23.1 Å². The molecule has 154 valence electrons. The number of aryl methyl sites for hydroxylation is 2. The Bertz CT molecular complexity index is 1240. The van der Waals surface area contributed by atoms with E-state index in [1.807, 2.05) is 62.4 Å². The van der Waals surface area contributed by atoms with Gasteiger partial charge in [-0.05, 0) is 95.6 Å². The van der Waals surface area contributed by atoms with Crippen LogP contribution < -0.4 is 4.90 Å². The van der Waals surface area contributed by atoms with Crippen LogP contribution in [0.3, 0.4) is 0 Å². The minimum atomic E-state index is -0.436. The molecule has 0 aliphatic carbocycles. The normalized spacial score (nSPS) is 14.8. The van der Waals surface area contributed by atoms with Crippen LogP contribution in [0.2, 0.25) is 0 Å². The number of nitro benzene ring substituents is 1. The molecule has 0 fully saturated rings. The van der Waals surface area contributed by atoms with Crippen LogP contribution >= 0.6 is 22.6 Å². The predicted octanol–water partition coefficient (Wildman–Crippen LogP) is 6.29. The fourth-order valence-electron chi connectivity index (χ4n) is 3.53. The van der Waals surface area contributed by atoms with Crippen LogP contribution in [0.15, 0.2) is 78.4 Å². The van der Waals surface area contributed by atoms with E-state index in [9.17, 15) is 14.9 Å². The van der Waals surface area contributed by atoms with Gasteiger partial charge in [-0.25, -0.2) is 0 Å². The fourth-order valence-corrected chi connectivity index (χ4v) is 4.18. The Morgan fingerprint density at radius 3 is 2.26 bits per heavy atom. The third-order valence-electron chi connectivity index (χ3n) is 5.16. The summed E-state index contributed by atoms with van der Waals surface area (Å²) in [6.07, 6.45) is 3.65. The number of amides is 1. The number of anilines is 1. The van der Waals surface area contributed by atoms with Gasteiger partial charge in [0.25, 0.3) is 11.6 Å². The van der Waals surface area contributed by atoms with Gasteiger partial charge in [-0.2, -0.15) is 0 Å². The highest BCUT2D eigenvalue weighted by Gasteiger charge is 2.31. The van der Waals surface area contributed by atoms with E-state index < -0.39 is 4.92 Å². The molecule has 0 atom stereocenters. The molecule has 1 aliphatic heterocycles. The number of nitro groups is 1. The molecule has 0 radical (unpaired) electrons. The molecular weight excluding hydrogens is 503 g/mol. The summed E-state index contributed by atoms with van der Waals surface area (Å²) in [7, 11) is 0. The number of carbonyl (C=O) groups excluding carboxylic acids is 1. The van der Waals surface area contributed by atoms with Gasteiger partial charge < -0.3 is 0 Å². The van der Waals surface area contributed by atoms with Crippen molar-refractivity contribution in [3.63, 3.8) is 0 Å². The number of halogens is 1. The van der Waals surface area contributed by atoms with E-state index in [1.165, 1.54) is 12.1 Å². The maximum absolute atomic E-state index is 13.5. The molecule has 0 bridgehead atoms. The topological polar surface area (TPSA) is 63.5 Å². The molecule has 6 heteroatoms. The molecule has 0 N–H and O–H groups in total. The Morgan fingerprint density at radius 1 is 0.968 bits per heavy atom. The molecule has 1 amide bonds. The fraction of sp³-hybridized carbons (Fsp3) is 0.0800. The number of non-ortho nitro benzene ring substituents is 1. The number of hydrogen-bond donors (Lipinski definition) is 0. The highest BCUT2D eigenvalue weighted by atomic mass is 127. The van der Waals surface area contributed by atoms with Crippen molar-refractivity contribution >= 4 is 51.6 Å². The molecule has 1 heterocycles. The van der Waals surface area contributed by atoms with Gasteiger partial charge in [-0.1, -0.05) is 29.8 Å². The highest BCUT2D eigenvalue weighted by Crippen LogP contribution is 2.37. The molecule has 0 saturated carbocycles. The second-order valence-corrected chi connectivity index (χ2v) is 8.66. The maximum Gasteiger partial charge on any atom is 0.269 e. The SMILES string of the molecule is Cc1ccc(C2=C/C(=C\c3ccc([N+](=O)[O-])cc3)C(=O)N2c2ccc(I)cc2C)cc1. The zero-order valence-electron chi connectivity index (χ0n) is 17.0. The summed E-state index contributed by atoms with van der Waals surface area (Å²) in [5.74, 6) is -0.127. The number of carbonyl (C=O) groups is 1. The molecule has 31 heavy (non-hydrogen) atoms. The monoisotopic (exact) mass is 522 g/mol. The second kappa shape index (κ2) is 8.47. The van der Waals surface area contributed by atoms with Gasteiger partial charge in [0, 0.05) is 21.3 Å². The van der Waals surface area contributed by atoms with Gasteiger partial charge in [0.15, 0.2) is 0 Å². The molecule has 0 saturated heterocycles. The lowest BCUT2D eigenvalue weighted by atomic mass is 10.1. The van der Waals surface area contributed by atoms with Crippen molar-refractivity contribution in [1.29, 1.82) is 0 Å². The van der Waals surface area contributed by atoms with Crippen molar-refractivity contribution in [2.75, 3.05) is 4.90 Å². The molecule has 0 spiro atoms. The van der Waals surface area contributed by atoms with Crippen LogP contribution in [-0.2, 0) is 4.79 Å². The van der Waals surface area contributed by atoms with Crippen molar-refractivity contribution < 1.29 is 9.72 Å². The van der Waals surface area contributed by atoms with E-state index in [0.29, 0.717) is 5.57 Å². The van der Waals surface area contributed by atoms with Gasteiger partial charge in [-0.3, -0.25) is 19.8 Å². The van der Waals surface area contributed by atoms with Gasteiger partial charge in [-0.15, -0.1) is 0 Å². The van der Waals surface area contributed by atoms with Crippen molar-refractivity contribution in [3.05, 3.63) is 114 Å². The summed E-state index contributed by atoms with van der Waals surface area (Å²) in [5.41, 5.74) is 6.03. The Morgan fingerprint density at radius 2 is 1.65 bits per heavy atom. The third kappa shape index (κ3) is 4.29. The van der Waals surface area contributed by atoms with Crippen LogP contribution in [-0.4, -0.2) is 10.8 Å². The molecule has 4 rings (SSSR count). The first-order chi connectivity index (χ1) is 14.8. The lowest BCUT2D eigenvalue weighted by Gasteiger charge is -2.23.